The van der Waals surface area contributed by atoms with Crippen LogP contribution in [0, 0.1) is 5.21 Å². The van der Waals surface area contributed by atoms with Gasteiger partial charge in [0.25, 0.3) is 0 Å². The molecule has 5 heteroatoms. The molecular weight excluding hydrogens is 124 g/mol. The maximum absolute atomic E-state index is 10.3. The van der Waals surface area contributed by atoms with E-state index in [1.807, 2.05) is 0 Å². The molecule has 0 saturated carbocycles. The molecular formula is C4H10N2O3. The van der Waals surface area contributed by atoms with Crippen molar-refractivity contribution >= 4 is 0 Å². The second-order valence-corrected chi connectivity index (χ2v) is 1.65. The minimum absolute atomic E-state index is 0.0617. The zero-order valence-corrected chi connectivity index (χ0v) is 5.44. The van der Waals surface area contributed by atoms with Crippen molar-refractivity contribution in [2.24, 2.45) is 5.28 Å². The van der Waals surface area contributed by atoms with Crippen molar-refractivity contribution in [2.75, 3.05) is 13.7 Å². The molecule has 5 nitrogen and oxygen atoms in total. The van der Waals surface area contributed by atoms with E-state index in [4.69, 9.17) is 5.11 Å². The molecule has 0 amide bonds. The first-order valence-electron chi connectivity index (χ1n) is 2.53. The van der Waals surface area contributed by atoms with Crippen LogP contribution in [-0.4, -0.2) is 29.7 Å². The smallest absolute Gasteiger partial charge is 0.209 e. The molecule has 9 heavy (non-hydrogen) atoms. The van der Waals surface area contributed by atoms with Crippen LogP contribution in [0.15, 0.2) is 5.28 Å². The maximum Gasteiger partial charge on any atom is 0.209 e. The minimum Gasteiger partial charge on any atom is -0.597 e. The van der Waals surface area contributed by atoms with Crippen LogP contribution in [0.25, 0.3) is 0 Å². The lowest BCUT2D eigenvalue weighted by atomic mass is 10.4. The van der Waals surface area contributed by atoms with Gasteiger partial charge in [0.15, 0.2) is 5.28 Å². The van der Waals surface area contributed by atoms with Crippen molar-refractivity contribution < 1.29 is 14.8 Å². The van der Waals surface area contributed by atoms with Crippen molar-refractivity contribution in [3.63, 3.8) is 0 Å². The average molecular weight is 134 g/mol. The number of hydroxylamine groups is 1. The Hall–Kier alpha value is -0.840. The third kappa shape index (κ3) is 5.02. The van der Waals surface area contributed by atoms with Gasteiger partial charge in [0.2, 0.25) is 6.54 Å². The molecule has 0 aliphatic carbocycles. The van der Waals surface area contributed by atoms with Crippen molar-refractivity contribution in [3.05, 3.63) is 5.21 Å². The first-order valence-corrected chi connectivity index (χ1v) is 2.53. The number of hydrogen-bond acceptors (Lipinski definition) is 4. The highest BCUT2D eigenvalue weighted by atomic mass is 16.7. The zero-order chi connectivity index (χ0) is 7.28. The quantitative estimate of drug-likeness (QED) is 0.332. The van der Waals surface area contributed by atoms with Crippen LogP contribution >= 0.6 is 0 Å². The van der Waals surface area contributed by atoms with Gasteiger partial charge in [-0.2, -0.15) is 0 Å². The molecule has 1 atom stereocenters. The Morgan fingerprint density at radius 1 is 1.89 bits per heavy atom. The van der Waals surface area contributed by atoms with Crippen LogP contribution in [-0.2, 0) is 4.84 Å². The summed E-state index contributed by atoms with van der Waals surface area (Å²) in [4.78, 5) is 4.41. The van der Waals surface area contributed by atoms with E-state index >= 15 is 0 Å². The molecule has 54 valence electrons. The lowest BCUT2D eigenvalue weighted by Gasteiger charge is -1.99. The van der Waals surface area contributed by atoms with Gasteiger partial charge in [-0.25, -0.2) is 0 Å². The van der Waals surface area contributed by atoms with E-state index in [1.165, 1.54) is 14.0 Å². The lowest BCUT2D eigenvalue weighted by Crippen LogP contribution is -2.16. The van der Waals surface area contributed by atoms with Gasteiger partial charge in [-0.1, -0.05) is 4.86 Å². The Balaban J connectivity index is 3.49. The molecule has 0 radical (unpaired) electrons. The SMILES string of the molecule is CO/N=[N+](\[O-])CC(C)O. The van der Waals surface area contributed by atoms with Crippen LogP contribution in [0.3, 0.4) is 0 Å². The summed E-state index contributed by atoms with van der Waals surface area (Å²) < 4.78 is 0. The van der Waals surface area contributed by atoms with E-state index in [0.29, 0.717) is 0 Å². The fourth-order valence-electron chi connectivity index (χ4n) is 0.350. The summed E-state index contributed by atoms with van der Waals surface area (Å²) in [5.41, 5.74) is 0. The Morgan fingerprint density at radius 3 is 2.78 bits per heavy atom. The van der Waals surface area contributed by atoms with Gasteiger partial charge in [-0.3, -0.25) is 0 Å². The van der Waals surface area contributed by atoms with E-state index in [0.717, 1.165) is 0 Å². The van der Waals surface area contributed by atoms with Crippen molar-refractivity contribution in [1.82, 2.24) is 0 Å². The monoisotopic (exact) mass is 134 g/mol. The predicted molar refractivity (Wildman–Crippen MR) is 29.6 cm³/mol. The highest BCUT2D eigenvalue weighted by Gasteiger charge is 2.01. The van der Waals surface area contributed by atoms with E-state index in [1.54, 1.807) is 0 Å². The third-order valence-corrected chi connectivity index (χ3v) is 0.593. The van der Waals surface area contributed by atoms with E-state index in [9.17, 15) is 5.21 Å². The van der Waals surface area contributed by atoms with E-state index in [-0.39, 0.29) is 11.4 Å². The molecule has 0 bridgehead atoms. The molecule has 0 aromatic rings. The lowest BCUT2D eigenvalue weighted by molar-refractivity contribution is -0.564. The van der Waals surface area contributed by atoms with Gasteiger partial charge in [-0.05, 0) is 6.92 Å². The number of hydrogen-bond donors (Lipinski definition) is 1. The van der Waals surface area contributed by atoms with Crippen LogP contribution in [0.4, 0.5) is 0 Å². The molecule has 0 aromatic heterocycles. The van der Waals surface area contributed by atoms with Crippen molar-refractivity contribution in [2.45, 2.75) is 13.0 Å². The van der Waals surface area contributed by atoms with Crippen LogP contribution in [0.5, 0.6) is 0 Å². The number of aliphatic hydroxyl groups is 1. The predicted octanol–water partition coefficient (Wildman–Crippen LogP) is -0.109. The molecule has 0 aromatic carbocycles. The van der Waals surface area contributed by atoms with Gasteiger partial charge >= 0.3 is 0 Å². The topological polar surface area (TPSA) is 67.9 Å². The van der Waals surface area contributed by atoms with Gasteiger partial charge < -0.3 is 15.2 Å². The Labute approximate surface area is 53.1 Å². The Bertz CT molecular complexity index is 102. The summed E-state index contributed by atoms with van der Waals surface area (Å²) in [6.07, 6.45) is -0.679. The summed E-state index contributed by atoms with van der Waals surface area (Å²) in [6, 6.07) is 0. The van der Waals surface area contributed by atoms with E-state index in [2.05, 4.69) is 10.1 Å². The normalized spacial score (nSPS) is 15.2. The standard InChI is InChI=1S/C4H10N2O3/c1-4(7)3-6(8)5-9-2/h4,7H,3H2,1-2H3/b6-5-. The molecule has 0 rings (SSSR count). The average Bonchev–Trinajstić information content (AvgIpc) is 1.63. The highest BCUT2D eigenvalue weighted by Crippen LogP contribution is 1.82. The van der Waals surface area contributed by atoms with Gasteiger partial charge in [0.1, 0.15) is 13.2 Å². The molecule has 0 aliphatic heterocycles. The number of rotatable bonds is 3. The first kappa shape index (κ1) is 8.16. The summed E-state index contributed by atoms with van der Waals surface area (Å²) >= 11 is 0. The summed E-state index contributed by atoms with van der Waals surface area (Å²) in [7, 11) is 1.27. The molecule has 0 heterocycles. The summed E-state index contributed by atoms with van der Waals surface area (Å²) in [5.74, 6) is 0. The van der Waals surface area contributed by atoms with Crippen LogP contribution < -0.4 is 0 Å². The molecule has 0 fully saturated rings. The molecule has 1 N–H and O–H groups in total. The number of nitrogens with zero attached hydrogens (tertiary/aromatic N) is 2. The molecule has 0 aliphatic rings. The van der Waals surface area contributed by atoms with Crippen LogP contribution in [0.1, 0.15) is 6.92 Å². The zero-order valence-electron chi connectivity index (χ0n) is 5.44. The second-order valence-electron chi connectivity index (χ2n) is 1.65. The van der Waals surface area contributed by atoms with Gasteiger partial charge in [-0.15, -0.1) is 0 Å². The van der Waals surface area contributed by atoms with Crippen molar-refractivity contribution in [1.29, 1.82) is 0 Å². The Kier molecular flexibility index (Phi) is 3.70. The summed E-state index contributed by atoms with van der Waals surface area (Å²) in [6.45, 7) is 1.43. The Morgan fingerprint density at radius 2 is 2.44 bits per heavy atom. The maximum atomic E-state index is 10.3. The van der Waals surface area contributed by atoms with Gasteiger partial charge in [0, 0.05) is 0 Å². The third-order valence-electron chi connectivity index (χ3n) is 0.593. The summed E-state index contributed by atoms with van der Waals surface area (Å²) in [5, 5.41) is 21.9. The molecule has 1 unspecified atom stereocenters. The largest absolute Gasteiger partial charge is 0.597 e. The minimum atomic E-state index is -0.679. The highest BCUT2D eigenvalue weighted by molar-refractivity contribution is 4.36. The van der Waals surface area contributed by atoms with Crippen LogP contribution in [0.2, 0.25) is 0 Å². The van der Waals surface area contributed by atoms with Gasteiger partial charge in [0.05, 0.1) is 0 Å². The fourth-order valence-corrected chi connectivity index (χ4v) is 0.350. The molecule has 0 saturated heterocycles. The second kappa shape index (κ2) is 4.08. The molecule has 0 spiro atoms. The fraction of sp³-hybridized carbons (Fsp3) is 1.00. The first-order chi connectivity index (χ1) is 4.16. The van der Waals surface area contributed by atoms with Crippen molar-refractivity contribution in [3.8, 4) is 0 Å². The number of aliphatic hydroxyl groups excluding tert-OH is 1. The van der Waals surface area contributed by atoms with E-state index < -0.39 is 6.10 Å².